The standard InChI is InChI=1S/C21H28FN5O/c1-12(2)14-7-9-15(10-8-14)18(13(3)4)27-19-17(16(11-22)25-27)20(28)24-21(23-19)26(5)6/h7-10,12-13,18H,11H2,1-6H3,(H,23,24,28). The van der Waals surface area contributed by atoms with Gasteiger partial charge in [-0.1, -0.05) is 52.0 Å². The Morgan fingerprint density at radius 1 is 1.11 bits per heavy atom. The molecule has 3 rings (SSSR count). The normalized spacial score (nSPS) is 12.9. The number of benzene rings is 1. The van der Waals surface area contributed by atoms with Crippen molar-refractivity contribution >= 4 is 17.0 Å². The third-order valence-electron chi connectivity index (χ3n) is 5.01. The number of hydrogen-bond donors (Lipinski definition) is 1. The van der Waals surface area contributed by atoms with Gasteiger partial charge >= 0.3 is 0 Å². The van der Waals surface area contributed by atoms with E-state index in [4.69, 9.17) is 0 Å². The van der Waals surface area contributed by atoms with Gasteiger partial charge in [-0.3, -0.25) is 9.78 Å². The Bertz CT molecular complexity index is 1020. The number of aromatic amines is 1. The zero-order valence-corrected chi connectivity index (χ0v) is 17.3. The van der Waals surface area contributed by atoms with Crippen molar-refractivity contribution in [3.63, 3.8) is 0 Å². The Kier molecular flexibility index (Phi) is 5.54. The highest BCUT2D eigenvalue weighted by molar-refractivity contribution is 5.78. The molecule has 0 aliphatic rings. The summed E-state index contributed by atoms with van der Waals surface area (Å²) in [6.45, 7) is 7.67. The Balaban J connectivity index is 2.24. The Labute approximate surface area is 164 Å². The molecular weight excluding hydrogens is 357 g/mol. The van der Waals surface area contributed by atoms with Crippen LogP contribution in [0.4, 0.5) is 10.3 Å². The molecule has 0 saturated carbocycles. The highest BCUT2D eigenvalue weighted by atomic mass is 19.1. The Morgan fingerprint density at radius 3 is 2.21 bits per heavy atom. The first-order chi connectivity index (χ1) is 13.2. The Morgan fingerprint density at radius 2 is 1.71 bits per heavy atom. The third kappa shape index (κ3) is 3.53. The molecule has 0 fully saturated rings. The van der Waals surface area contributed by atoms with Crippen molar-refractivity contribution < 1.29 is 4.39 Å². The number of halogens is 1. The van der Waals surface area contributed by atoms with Crippen molar-refractivity contribution in [2.75, 3.05) is 19.0 Å². The lowest BCUT2D eigenvalue weighted by atomic mass is 9.93. The molecule has 150 valence electrons. The smallest absolute Gasteiger partial charge is 0.263 e. The van der Waals surface area contributed by atoms with E-state index in [2.05, 4.69) is 67.0 Å². The first-order valence-electron chi connectivity index (χ1n) is 9.59. The number of aromatic nitrogens is 4. The molecule has 1 aromatic carbocycles. The molecule has 0 amide bonds. The van der Waals surface area contributed by atoms with Crippen LogP contribution in [0.15, 0.2) is 29.1 Å². The van der Waals surface area contributed by atoms with Crippen LogP contribution in [-0.2, 0) is 6.67 Å². The third-order valence-corrected chi connectivity index (χ3v) is 5.01. The minimum Gasteiger partial charge on any atom is -0.348 e. The van der Waals surface area contributed by atoms with Gasteiger partial charge in [-0.15, -0.1) is 0 Å². The van der Waals surface area contributed by atoms with E-state index in [1.807, 2.05) is 0 Å². The number of rotatable bonds is 6. The first kappa shape index (κ1) is 20.0. The van der Waals surface area contributed by atoms with E-state index in [-0.39, 0.29) is 28.6 Å². The maximum Gasteiger partial charge on any atom is 0.263 e. The summed E-state index contributed by atoms with van der Waals surface area (Å²) in [4.78, 5) is 21.6. The van der Waals surface area contributed by atoms with Crippen molar-refractivity contribution in [3.8, 4) is 0 Å². The van der Waals surface area contributed by atoms with E-state index in [9.17, 15) is 9.18 Å². The van der Waals surface area contributed by atoms with Crippen LogP contribution in [0, 0.1) is 5.92 Å². The molecular formula is C21H28FN5O. The van der Waals surface area contributed by atoms with Gasteiger partial charge in [0, 0.05) is 14.1 Å². The van der Waals surface area contributed by atoms with Gasteiger partial charge < -0.3 is 4.90 Å². The maximum atomic E-state index is 13.6. The molecule has 0 aliphatic carbocycles. The largest absolute Gasteiger partial charge is 0.348 e. The van der Waals surface area contributed by atoms with Crippen molar-refractivity contribution in [1.29, 1.82) is 0 Å². The number of nitrogens with one attached hydrogen (secondary N) is 1. The molecule has 7 heteroatoms. The molecule has 2 aromatic heterocycles. The SMILES string of the molecule is CC(C)c1ccc(C(C(C)C)n2nc(CF)c3c(=O)[nH]c(N(C)C)nc32)cc1. The van der Waals surface area contributed by atoms with Gasteiger partial charge in [0.1, 0.15) is 17.8 Å². The van der Waals surface area contributed by atoms with Crippen LogP contribution in [-0.4, -0.2) is 33.8 Å². The summed E-state index contributed by atoms with van der Waals surface area (Å²) >= 11 is 0. The summed E-state index contributed by atoms with van der Waals surface area (Å²) < 4.78 is 15.4. The zero-order chi connectivity index (χ0) is 20.6. The molecule has 1 N–H and O–H groups in total. The van der Waals surface area contributed by atoms with Gasteiger partial charge in [0.2, 0.25) is 5.95 Å². The predicted octanol–water partition coefficient (Wildman–Crippen LogP) is 4.02. The van der Waals surface area contributed by atoms with Gasteiger partial charge in [0.15, 0.2) is 5.65 Å². The topological polar surface area (TPSA) is 66.8 Å². The van der Waals surface area contributed by atoms with E-state index in [0.717, 1.165) is 5.56 Å². The van der Waals surface area contributed by atoms with Gasteiger partial charge in [0.05, 0.1) is 6.04 Å². The zero-order valence-electron chi connectivity index (χ0n) is 17.3. The number of anilines is 1. The second kappa shape index (κ2) is 7.73. The van der Waals surface area contributed by atoms with Crippen molar-refractivity contribution in [2.45, 2.75) is 46.3 Å². The Hall–Kier alpha value is -2.70. The molecule has 0 bridgehead atoms. The molecule has 3 aromatic rings. The highest BCUT2D eigenvalue weighted by Crippen LogP contribution is 2.31. The van der Waals surface area contributed by atoms with Crippen LogP contribution in [0.3, 0.4) is 0 Å². The van der Waals surface area contributed by atoms with Crippen LogP contribution >= 0.6 is 0 Å². The van der Waals surface area contributed by atoms with E-state index >= 15 is 0 Å². The van der Waals surface area contributed by atoms with Crippen LogP contribution in [0.2, 0.25) is 0 Å². The molecule has 0 aliphatic heterocycles. The van der Waals surface area contributed by atoms with Gasteiger partial charge in [-0.2, -0.15) is 10.1 Å². The van der Waals surface area contributed by atoms with Crippen molar-refractivity contribution in [1.82, 2.24) is 19.7 Å². The fourth-order valence-electron chi connectivity index (χ4n) is 3.49. The molecule has 0 saturated heterocycles. The lowest BCUT2D eigenvalue weighted by Gasteiger charge is -2.23. The summed E-state index contributed by atoms with van der Waals surface area (Å²) in [7, 11) is 3.59. The van der Waals surface area contributed by atoms with Crippen LogP contribution < -0.4 is 10.5 Å². The van der Waals surface area contributed by atoms with E-state index in [1.165, 1.54) is 5.56 Å². The lowest BCUT2D eigenvalue weighted by Crippen LogP contribution is -2.22. The summed E-state index contributed by atoms with van der Waals surface area (Å²) in [6, 6.07) is 8.24. The fraction of sp³-hybridized carbons (Fsp3) is 0.476. The summed E-state index contributed by atoms with van der Waals surface area (Å²) in [6.07, 6.45) is 0. The molecule has 28 heavy (non-hydrogen) atoms. The van der Waals surface area contributed by atoms with Crippen molar-refractivity contribution in [2.24, 2.45) is 5.92 Å². The van der Waals surface area contributed by atoms with Gasteiger partial charge in [-0.25, -0.2) is 9.07 Å². The number of hydrogen-bond acceptors (Lipinski definition) is 4. The van der Waals surface area contributed by atoms with Crippen LogP contribution in [0.25, 0.3) is 11.0 Å². The van der Waals surface area contributed by atoms with Crippen LogP contribution in [0.5, 0.6) is 0 Å². The number of alkyl halides is 1. The maximum absolute atomic E-state index is 13.6. The summed E-state index contributed by atoms with van der Waals surface area (Å²) in [5, 5.41) is 4.69. The number of H-pyrrole nitrogens is 1. The molecule has 6 nitrogen and oxygen atoms in total. The van der Waals surface area contributed by atoms with E-state index < -0.39 is 6.67 Å². The monoisotopic (exact) mass is 385 g/mol. The summed E-state index contributed by atoms with van der Waals surface area (Å²) in [5.74, 6) is 1.03. The van der Waals surface area contributed by atoms with E-state index in [1.54, 1.807) is 23.7 Å². The lowest BCUT2D eigenvalue weighted by molar-refractivity contribution is 0.399. The summed E-state index contributed by atoms with van der Waals surface area (Å²) in [5.41, 5.74) is 2.48. The molecule has 1 unspecified atom stereocenters. The second-order valence-electron chi connectivity index (χ2n) is 8.02. The van der Waals surface area contributed by atoms with Gasteiger partial charge in [0.25, 0.3) is 5.56 Å². The number of fused-ring (bicyclic) bond motifs is 1. The minimum atomic E-state index is -0.813. The number of nitrogens with zero attached hydrogens (tertiary/aromatic N) is 4. The predicted molar refractivity (Wildman–Crippen MR) is 111 cm³/mol. The van der Waals surface area contributed by atoms with Crippen molar-refractivity contribution in [3.05, 3.63) is 51.4 Å². The second-order valence-corrected chi connectivity index (χ2v) is 8.02. The average Bonchev–Trinajstić information content (AvgIpc) is 3.01. The minimum absolute atomic E-state index is 0.124. The molecule has 0 spiro atoms. The van der Waals surface area contributed by atoms with Gasteiger partial charge in [-0.05, 0) is 23.0 Å². The fourth-order valence-corrected chi connectivity index (χ4v) is 3.49. The van der Waals surface area contributed by atoms with E-state index in [0.29, 0.717) is 17.5 Å². The molecule has 1 atom stereocenters. The molecule has 2 heterocycles. The van der Waals surface area contributed by atoms with Crippen LogP contribution in [0.1, 0.15) is 56.5 Å². The average molecular weight is 385 g/mol. The first-order valence-corrected chi connectivity index (χ1v) is 9.59. The highest BCUT2D eigenvalue weighted by Gasteiger charge is 2.26. The quantitative estimate of drug-likeness (QED) is 0.696. The molecule has 0 radical (unpaired) electrons.